The Morgan fingerprint density at radius 1 is 0.463 bits per heavy atom. The largest absolute Gasteiger partial charge is 0.454 e. The molecule has 2 nitrogen and oxygen atoms in total. The van der Waals surface area contributed by atoms with Crippen LogP contribution in [0.4, 0.5) is 17.1 Å². The van der Waals surface area contributed by atoms with Crippen molar-refractivity contribution in [2.45, 2.75) is 101 Å². The van der Waals surface area contributed by atoms with Gasteiger partial charge < -0.3 is 9.32 Å². The third kappa shape index (κ3) is 4.46. The first-order valence-corrected chi connectivity index (χ1v) is 20.6. The highest BCUT2D eigenvalue weighted by atomic mass is 16.3. The summed E-state index contributed by atoms with van der Waals surface area (Å²) in [4.78, 5) is 2.54. The van der Waals surface area contributed by atoms with Gasteiger partial charge in [0.15, 0.2) is 5.58 Å². The molecule has 0 radical (unpaired) electrons. The maximum atomic E-state index is 7.13. The third-order valence-electron chi connectivity index (χ3n) is 14.0. The van der Waals surface area contributed by atoms with Crippen molar-refractivity contribution < 1.29 is 4.42 Å². The lowest BCUT2D eigenvalue weighted by atomic mass is 9.67. The van der Waals surface area contributed by atoms with Gasteiger partial charge in [0.25, 0.3) is 0 Å². The number of anilines is 3. The summed E-state index contributed by atoms with van der Waals surface area (Å²) in [5, 5.41) is 2.36. The van der Waals surface area contributed by atoms with E-state index in [-0.39, 0.29) is 16.2 Å². The number of furan rings is 1. The second-order valence-corrected chi connectivity index (χ2v) is 17.9. The first-order chi connectivity index (χ1) is 26.4. The average molecular weight is 704 g/mol. The summed E-state index contributed by atoms with van der Waals surface area (Å²) in [6.45, 7) is 6.86. The van der Waals surface area contributed by atoms with Crippen molar-refractivity contribution in [1.29, 1.82) is 0 Å². The van der Waals surface area contributed by atoms with Crippen molar-refractivity contribution in [3.63, 3.8) is 0 Å². The van der Waals surface area contributed by atoms with Gasteiger partial charge in [0.2, 0.25) is 0 Å². The van der Waals surface area contributed by atoms with Crippen LogP contribution in [0.3, 0.4) is 0 Å². The van der Waals surface area contributed by atoms with E-state index in [1.165, 1.54) is 136 Å². The number of rotatable bonds is 3. The SMILES string of the molecule is CC(C)(C)c1cccc2c1oc1c(N(c3ccc4c(c3)C3(CCCCC3)c3ccccc3-4)c3ccc4c(c3)C3(CCCCC3)c3ccccc3-4)cccc12. The molecule has 4 aliphatic carbocycles. The van der Waals surface area contributed by atoms with Crippen molar-refractivity contribution in [3.8, 4) is 22.3 Å². The number of benzene rings is 6. The van der Waals surface area contributed by atoms with Crippen LogP contribution in [0.5, 0.6) is 0 Å². The number of hydrogen-bond acceptors (Lipinski definition) is 2. The van der Waals surface area contributed by atoms with Crippen LogP contribution in [0.25, 0.3) is 44.2 Å². The van der Waals surface area contributed by atoms with Crippen LogP contribution in [0.2, 0.25) is 0 Å². The van der Waals surface area contributed by atoms with E-state index in [0.29, 0.717) is 0 Å². The molecule has 0 unspecified atom stereocenters. The zero-order valence-corrected chi connectivity index (χ0v) is 32.0. The summed E-state index contributed by atoms with van der Waals surface area (Å²) in [5.41, 5.74) is 18.6. The zero-order chi connectivity index (χ0) is 36.2. The predicted molar refractivity (Wildman–Crippen MR) is 226 cm³/mol. The monoisotopic (exact) mass is 703 g/mol. The van der Waals surface area contributed by atoms with Crippen LogP contribution in [0.1, 0.15) is 113 Å². The summed E-state index contributed by atoms with van der Waals surface area (Å²) in [7, 11) is 0. The Kier molecular flexibility index (Phi) is 7.02. The van der Waals surface area contributed by atoms with E-state index >= 15 is 0 Å². The Hall–Kier alpha value is -5.08. The minimum atomic E-state index is -0.0418. The fourth-order valence-corrected chi connectivity index (χ4v) is 11.6. The molecule has 0 N–H and O–H groups in total. The van der Waals surface area contributed by atoms with Crippen LogP contribution in [0, 0.1) is 0 Å². The highest BCUT2D eigenvalue weighted by molar-refractivity contribution is 6.11. The number of nitrogens with zero attached hydrogens (tertiary/aromatic N) is 1. The standard InChI is InChI=1S/C52H49NO/c1-50(2,3)44-22-14-18-40-41-19-15-23-47(49(41)54-48(40)44)53(34-24-26-38-36-16-6-8-20-42(36)51(45(38)32-34)28-10-4-11-29-51)35-25-27-39-37-17-7-9-21-43(37)52(46(39)33-35)30-12-5-13-31-52/h6-9,14-27,32-33H,4-5,10-13,28-31H2,1-3H3. The van der Waals surface area contributed by atoms with Crippen LogP contribution in [-0.2, 0) is 16.2 Å². The summed E-state index contributed by atoms with van der Waals surface area (Å²) >= 11 is 0. The summed E-state index contributed by atoms with van der Waals surface area (Å²) < 4.78 is 7.13. The Bertz CT molecular complexity index is 2500. The highest BCUT2D eigenvalue weighted by Crippen LogP contribution is 2.59. The molecular formula is C52H49NO. The average Bonchev–Trinajstić information content (AvgIpc) is 3.81. The van der Waals surface area contributed by atoms with Gasteiger partial charge in [-0.25, -0.2) is 0 Å². The maximum Gasteiger partial charge on any atom is 0.159 e. The van der Waals surface area contributed by atoms with Gasteiger partial charge in [-0.15, -0.1) is 0 Å². The molecule has 1 heterocycles. The quantitative estimate of drug-likeness (QED) is 0.182. The number of fused-ring (bicyclic) bond motifs is 13. The van der Waals surface area contributed by atoms with Gasteiger partial charge in [-0.05, 0) is 106 Å². The first kappa shape index (κ1) is 32.4. The smallest absolute Gasteiger partial charge is 0.159 e. The molecule has 11 rings (SSSR count). The molecule has 7 aromatic rings. The van der Waals surface area contributed by atoms with Gasteiger partial charge in [-0.2, -0.15) is 0 Å². The van der Waals surface area contributed by atoms with Crippen LogP contribution in [-0.4, -0.2) is 0 Å². The normalized spacial score (nSPS) is 17.8. The number of hydrogen-bond donors (Lipinski definition) is 0. The van der Waals surface area contributed by atoms with E-state index in [4.69, 9.17) is 4.42 Å². The van der Waals surface area contributed by atoms with E-state index in [9.17, 15) is 0 Å². The Labute approximate surface area is 319 Å². The minimum absolute atomic E-state index is 0.0418. The maximum absolute atomic E-state index is 7.13. The molecule has 1 aromatic heterocycles. The van der Waals surface area contributed by atoms with Gasteiger partial charge in [-0.1, -0.05) is 150 Å². The lowest BCUT2D eigenvalue weighted by Crippen LogP contribution is -2.28. The van der Waals surface area contributed by atoms with Crippen LogP contribution < -0.4 is 4.90 Å². The molecule has 0 aliphatic heterocycles. The van der Waals surface area contributed by atoms with E-state index in [0.717, 1.165) is 16.9 Å². The summed E-state index contributed by atoms with van der Waals surface area (Å²) in [5.74, 6) is 0. The molecule has 0 atom stereocenters. The van der Waals surface area contributed by atoms with E-state index in [2.05, 4.69) is 147 Å². The van der Waals surface area contributed by atoms with E-state index in [1.807, 2.05) is 0 Å². The molecule has 6 aromatic carbocycles. The van der Waals surface area contributed by atoms with Crippen molar-refractivity contribution in [3.05, 3.63) is 149 Å². The molecule has 54 heavy (non-hydrogen) atoms. The Morgan fingerprint density at radius 3 is 1.48 bits per heavy atom. The van der Waals surface area contributed by atoms with E-state index < -0.39 is 0 Å². The van der Waals surface area contributed by atoms with Gasteiger partial charge in [0.1, 0.15) is 5.58 Å². The molecule has 268 valence electrons. The lowest BCUT2D eigenvalue weighted by molar-refractivity contribution is 0.353. The second kappa shape index (κ2) is 11.7. The Morgan fingerprint density at radius 2 is 0.944 bits per heavy atom. The predicted octanol–water partition coefficient (Wildman–Crippen LogP) is 14.8. The van der Waals surface area contributed by atoms with E-state index in [1.54, 1.807) is 0 Å². The van der Waals surface area contributed by atoms with Crippen molar-refractivity contribution in [2.24, 2.45) is 0 Å². The molecule has 2 heteroatoms. The van der Waals surface area contributed by atoms with Crippen LogP contribution >= 0.6 is 0 Å². The third-order valence-corrected chi connectivity index (χ3v) is 14.0. The molecular weight excluding hydrogens is 655 g/mol. The first-order valence-electron chi connectivity index (χ1n) is 20.6. The fourth-order valence-electron chi connectivity index (χ4n) is 11.6. The molecule has 0 amide bonds. The van der Waals surface area contributed by atoms with Crippen LogP contribution in [0.15, 0.2) is 126 Å². The van der Waals surface area contributed by atoms with Crippen molar-refractivity contribution >= 4 is 39.0 Å². The molecule has 0 saturated heterocycles. The highest BCUT2D eigenvalue weighted by Gasteiger charge is 2.45. The number of para-hydroxylation sites is 2. The summed E-state index contributed by atoms with van der Waals surface area (Å²) in [6.07, 6.45) is 12.7. The molecule has 2 saturated carbocycles. The fraction of sp³-hybridized carbons (Fsp3) is 0.308. The molecule has 2 fully saturated rings. The topological polar surface area (TPSA) is 16.4 Å². The van der Waals surface area contributed by atoms with Gasteiger partial charge in [0.05, 0.1) is 5.69 Å². The molecule has 2 spiro atoms. The lowest BCUT2D eigenvalue weighted by Gasteiger charge is -2.37. The molecule has 0 bridgehead atoms. The minimum Gasteiger partial charge on any atom is -0.454 e. The van der Waals surface area contributed by atoms with Gasteiger partial charge in [-0.3, -0.25) is 0 Å². The summed E-state index contributed by atoms with van der Waals surface area (Å²) in [6, 6.07) is 46.8. The zero-order valence-electron chi connectivity index (χ0n) is 32.0. The van der Waals surface area contributed by atoms with Gasteiger partial charge in [0, 0.05) is 38.5 Å². The second-order valence-electron chi connectivity index (χ2n) is 17.9. The Balaban J connectivity index is 1.17. The van der Waals surface area contributed by atoms with Crippen molar-refractivity contribution in [1.82, 2.24) is 0 Å². The van der Waals surface area contributed by atoms with Crippen molar-refractivity contribution in [2.75, 3.05) is 4.90 Å². The molecule has 4 aliphatic rings. The van der Waals surface area contributed by atoms with Gasteiger partial charge >= 0.3 is 0 Å².